The first-order valence-electron chi connectivity index (χ1n) is 6.17. The first-order valence-corrected chi connectivity index (χ1v) is 8.60. The second-order valence-corrected chi connectivity index (χ2v) is 7.23. The van der Waals surface area contributed by atoms with Gasteiger partial charge in [0.1, 0.15) is 0 Å². The zero-order valence-electron chi connectivity index (χ0n) is 10.9. The number of sulfone groups is 1. The number of ether oxygens (including phenoxy) is 1. The normalized spacial score (nSPS) is 19.1. The average molecular weight is 304 g/mol. The van der Waals surface area contributed by atoms with Crippen LogP contribution in [0.3, 0.4) is 0 Å². The lowest BCUT2D eigenvalue weighted by molar-refractivity contribution is 0.0668. The number of nitrogens with one attached hydrogen (secondary N) is 1. The molecule has 2 rings (SSSR count). The largest absolute Gasteiger partial charge is 0.381 e. The summed E-state index contributed by atoms with van der Waals surface area (Å²) in [4.78, 5) is 0.324. The Morgan fingerprint density at radius 1 is 1.26 bits per heavy atom. The van der Waals surface area contributed by atoms with Crippen LogP contribution in [0.25, 0.3) is 0 Å². The fourth-order valence-corrected chi connectivity index (χ4v) is 3.11. The Kier molecular flexibility index (Phi) is 4.38. The molecule has 0 radical (unpaired) electrons. The van der Waals surface area contributed by atoms with Crippen molar-refractivity contribution in [2.75, 3.05) is 30.7 Å². The van der Waals surface area contributed by atoms with Gasteiger partial charge in [-0.2, -0.15) is 0 Å². The minimum atomic E-state index is -3.15. The molecule has 1 fully saturated rings. The van der Waals surface area contributed by atoms with Gasteiger partial charge in [-0.15, -0.1) is 11.6 Å². The van der Waals surface area contributed by atoms with E-state index in [0.717, 1.165) is 18.5 Å². The van der Waals surface area contributed by atoms with Crippen molar-refractivity contribution in [2.45, 2.75) is 23.3 Å². The quantitative estimate of drug-likeness (QED) is 0.867. The van der Waals surface area contributed by atoms with Crippen LogP contribution in [0.1, 0.15) is 12.8 Å². The summed E-state index contributed by atoms with van der Waals surface area (Å²) in [5.74, 6) is 0.504. The van der Waals surface area contributed by atoms with Gasteiger partial charge in [0.05, 0.1) is 10.4 Å². The molecule has 0 amide bonds. The summed E-state index contributed by atoms with van der Waals surface area (Å²) in [6, 6.07) is 6.78. The van der Waals surface area contributed by atoms with Crippen LogP contribution >= 0.6 is 11.6 Å². The van der Waals surface area contributed by atoms with E-state index in [1.165, 1.54) is 6.26 Å². The molecule has 1 heterocycles. The van der Waals surface area contributed by atoms with Gasteiger partial charge in [-0.3, -0.25) is 0 Å². The van der Waals surface area contributed by atoms with Gasteiger partial charge in [-0.05, 0) is 37.1 Å². The van der Waals surface area contributed by atoms with Crippen molar-refractivity contribution in [3.63, 3.8) is 0 Å². The molecule has 19 heavy (non-hydrogen) atoms. The predicted molar refractivity (Wildman–Crippen MR) is 76.7 cm³/mol. The molecule has 0 saturated carbocycles. The van der Waals surface area contributed by atoms with Crippen molar-refractivity contribution in [2.24, 2.45) is 0 Å². The molecule has 1 aromatic carbocycles. The minimum absolute atomic E-state index is 0.160. The summed E-state index contributed by atoms with van der Waals surface area (Å²) in [6.07, 6.45) is 2.91. The molecule has 6 heteroatoms. The number of hydrogen-bond acceptors (Lipinski definition) is 4. The Bertz CT molecular complexity index is 521. The average Bonchev–Trinajstić information content (AvgIpc) is 2.39. The fourth-order valence-electron chi connectivity index (χ4n) is 2.15. The van der Waals surface area contributed by atoms with E-state index >= 15 is 0 Å². The second kappa shape index (κ2) is 5.69. The maximum Gasteiger partial charge on any atom is 0.175 e. The zero-order valence-corrected chi connectivity index (χ0v) is 12.4. The van der Waals surface area contributed by atoms with Gasteiger partial charge < -0.3 is 10.1 Å². The third-order valence-corrected chi connectivity index (χ3v) is 5.04. The summed E-state index contributed by atoms with van der Waals surface area (Å²) in [5.41, 5.74) is 0.724. The molecule has 1 N–H and O–H groups in total. The maximum atomic E-state index is 11.4. The van der Waals surface area contributed by atoms with Crippen LogP contribution in [-0.4, -0.2) is 39.3 Å². The molecule has 0 aliphatic carbocycles. The second-order valence-electron chi connectivity index (χ2n) is 4.95. The predicted octanol–water partition coefficient (Wildman–Crippen LogP) is 2.29. The standard InChI is InChI=1S/C13H18ClNO3S/c1-19(16,17)12-4-2-11(3-5-12)15-13(10-14)6-8-18-9-7-13/h2-5,15H,6-10H2,1H3. The first-order chi connectivity index (χ1) is 8.95. The Hall–Kier alpha value is -0.780. The van der Waals surface area contributed by atoms with Crippen LogP contribution in [0, 0.1) is 0 Å². The molecular formula is C13H18ClNO3S. The van der Waals surface area contributed by atoms with Gasteiger partial charge in [0.2, 0.25) is 0 Å². The number of anilines is 1. The number of rotatable bonds is 4. The van der Waals surface area contributed by atoms with Gasteiger partial charge >= 0.3 is 0 Å². The lowest BCUT2D eigenvalue weighted by Gasteiger charge is -2.37. The van der Waals surface area contributed by atoms with Gasteiger partial charge in [0, 0.05) is 31.0 Å². The fraction of sp³-hybridized carbons (Fsp3) is 0.538. The number of halogens is 1. The smallest absolute Gasteiger partial charge is 0.175 e. The summed E-state index contributed by atoms with van der Waals surface area (Å²) < 4.78 is 28.1. The number of alkyl halides is 1. The SMILES string of the molecule is CS(=O)(=O)c1ccc(NC2(CCl)CCOCC2)cc1. The Balaban J connectivity index is 2.14. The van der Waals surface area contributed by atoms with E-state index in [1.807, 2.05) is 0 Å². The third kappa shape index (κ3) is 3.61. The van der Waals surface area contributed by atoms with Crippen LogP contribution in [0.2, 0.25) is 0 Å². The van der Waals surface area contributed by atoms with Crippen LogP contribution in [-0.2, 0) is 14.6 Å². The molecular weight excluding hydrogens is 286 g/mol. The molecule has 0 aromatic heterocycles. The molecule has 0 atom stereocenters. The molecule has 1 aliphatic heterocycles. The summed E-state index contributed by atoms with van der Waals surface area (Å²) in [6.45, 7) is 1.39. The van der Waals surface area contributed by atoms with Gasteiger partial charge in [-0.1, -0.05) is 0 Å². The van der Waals surface area contributed by atoms with E-state index in [1.54, 1.807) is 24.3 Å². The highest BCUT2D eigenvalue weighted by Crippen LogP contribution is 2.27. The van der Waals surface area contributed by atoms with Crippen molar-refractivity contribution >= 4 is 27.1 Å². The van der Waals surface area contributed by atoms with Crippen molar-refractivity contribution in [1.29, 1.82) is 0 Å². The topological polar surface area (TPSA) is 55.4 Å². The monoisotopic (exact) mass is 303 g/mol. The summed E-state index contributed by atoms with van der Waals surface area (Å²) in [5, 5.41) is 3.42. The van der Waals surface area contributed by atoms with Crippen molar-refractivity contribution in [1.82, 2.24) is 0 Å². The van der Waals surface area contributed by atoms with Crippen LogP contribution in [0.15, 0.2) is 29.2 Å². The molecule has 1 saturated heterocycles. The Labute approximate surface area is 119 Å². The van der Waals surface area contributed by atoms with Gasteiger partial charge in [-0.25, -0.2) is 8.42 Å². The highest BCUT2D eigenvalue weighted by Gasteiger charge is 2.31. The van der Waals surface area contributed by atoms with Crippen LogP contribution in [0.4, 0.5) is 5.69 Å². The van der Waals surface area contributed by atoms with Crippen molar-refractivity contribution in [3.8, 4) is 0 Å². The van der Waals surface area contributed by atoms with Gasteiger partial charge in [0.25, 0.3) is 0 Å². The highest BCUT2D eigenvalue weighted by molar-refractivity contribution is 7.90. The molecule has 1 aromatic rings. The summed E-state index contributed by atoms with van der Waals surface area (Å²) >= 11 is 6.08. The van der Waals surface area contributed by atoms with Crippen LogP contribution in [0.5, 0.6) is 0 Å². The molecule has 0 unspecified atom stereocenters. The molecule has 106 valence electrons. The van der Waals surface area contributed by atoms with E-state index in [-0.39, 0.29) is 5.54 Å². The van der Waals surface area contributed by atoms with Crippen molar-refractivity contribution in [3.05, 3.63) is 24.3 Å². The van der Waals surface area contributed by atoms with E-state index < -0.39 is 9.84 Å². The maximum absolute atomic E-state index is 11.4. The van der Waals surface area contributed by atoms with Crippen LogP contribution < -0.4 is 5.32 Å². The first kappa shape index (κ1) is 14.6. The zero-order chi connectivity index (χ0) is 13.9. The highest BCUT2D eigenvalue weighted by atomic mass is 35.5. The number of hydrogen-bond donors (Lipinski definition) is 1. The molecule has 1 aliphatic rings. The third-order valence-electron chi connectivity index (χ3n) is 3.40. The Morgan fingerprint density at radius 2 is 1.84 bits per heavy atom. The van der Waals surface area contributed by atoms with E-state index in [2.05, 4.69) is 5.32 Å². The van der Waals surface area contributed by atoms with E-state index in [9.17, 15) is 8.42 Å². The van der Waals surface area contributed by atoms with Crippen molar-refractivity contribution < 1.29 is 13.2 Å². The molecule has 4 nitrogen and oxygen atoms in total. The Morgan fingerprint density at radius 3 is 2.32 bits per heavy atom. The van der Waals surface area contributed by atoms with Gasteiger partial charge in [0.15, 0.2) is 9.84 Å². The lowest BCUT2D eigenvalue weighted by atomic mass is 9.92. The number of benzene rings is 1. The lowest BCUT2D eigenvalue weighted by Crippen LogP contribution is -2.45. The molecule has 0 bridgehead atoms. The molecule has 0 spiro atoms. The summed E-state index contributed by atoms with van der Waals surface area (Å²) in [7, 11) is -3.15. The van der Waals surface area contributed by atoms with E-state index in [0.29, 0.717) is 24.0 Å². The minimum Gasteiger partial charge on any atom is -0.381 e. The van der Waals surface area contributed by atoms with E-state index in [4.69, 9.17) is 16.3 Å².